The first-order valence-corrected chi connectivity index (χ1v) is 3.32. The van der Waals surface area contributed by atoms with Gasteiger partial charge < -0.3 is 5.73 Å². The van der Waals surface area contributed by atoms with E-state index in [4.69, 9.17) is 10.3 Å². The van der Waals surface area contributed by atoms with Crippen LogP contribution in [0.25, 0.3) is 0 Å². The Morgan fingerprint density at radius 3 is 1.88 bits per heavy atom. The van der Waals surface area contributed by atoms with E-state index in [1.54, 1.807) is 0 Å². The van der Waals surface area contributed by atoms with Gasteiger partial charge in [-0.25, -0.2) is 0 Å². The Morgan fingerprint density at radius 1 is 1.50 bits per heavy atom. The predicted molar refractivity (Wildman–Crippen MR) is 34.0 cm³/mol. The summed E-state index contributed by atoms with van der Waals surface area (Å²) in [6.07, 6.45) is 0. The number of hydrogen-bond acceptors (Lipinski definition) is 3. The summed E-state index contributed by atoms with van der Waals surface area (Å²) >= 11 is 0. The molecular weight excluding hydrogens is 206 g/mol. The van der Waals surface area contributed by atoms with Crippen molar-refractivity contribution in [1.82, 2.24) is 0 Å². The zero-order valence-electron chi connectivity index (χ0n) is 3.66. The van der Waals surface area contributed by atoms with E-state index in [0.717, 1.165) is 0 Å². The summed E-state index contributed by atoms with van der Waals surface area (Å²) in [7, 11) is -3.80. The molecule has 0 saturated heterocycles. The van der Waals surface area contributed by atoms with E-state index >= 15 is 0 Å². The molecule has 4 nitrogen and oxygen atoms in total. The van der Waals surface area contributed by atoms with Crippen molar-refractivity contribution in [2.24, 2.45) is 5.73 Å². The molecule has 0 bridgehead atoms. The van der Waals surface area contributed by atoms with Crippen LogP contribution < -0.4 is 5.73 Å². The third kappa shape index (κ3) is 10.4. The molecule has 0 rings (SSSR count). The van der Waals surface area contributed by atoms with E-state index < -0.39 is 10.1 Å². The average Bonchev–Trinajstić information content (AvgIpc) is 1.30. The van der Waals surface area contributed by atoms with Gasteiger partial charge in [0, 0.05) is 6.54 Å². The molecule has 0 saturated carbocycles. The zero-order chi connectivity index (χ0) is 5.91. The Balaban J connectivity index is 0. The van der Waals surface area contributed by atoms with Gasteiger partial charge in [-0.3, -0.25) is 4.55 Å². The van der Waals surface area contributed by atoms with Crippen molar-refractivity contribution >= 4 is 55.6 Å². The Morgan fingerprint density at radius 2 is 1.88 bits per heavy atom. The summed E-state index contributed by atoms with van der Waals surface area (Å²) in [5.74, 6) is -0.354. The maximum atomic E-state index is 9.71. The normalized spacial score (nSPS) is 10.2. The fourth-order valence-electron chi connectivity index (χ4n) is 0.149. The second-order valence-electron chi connectivity index (χ2n) is 1.07. The van der Waals surface area contributed by atoms with Crippen LogP contribution in [-0.4, -0.2) is 70.7 Å². The summed E-state index contributed by atoms with van der Waals surface area (Å²) in [6.45, 7) is -0.0289. The van der Waals surface area contributed by atoms with Crippen LogP contribution in [0.5, 0.6) is 0 Å². The van der Waals surface area contributed by atoms with Crippen LogP contribution in [0.1, 0.15) is 0 Å². The van der Waals surface area contributed by atoms with Crippen molar-refractivity contribution < 1.29 is 13.0 Å². The first kappa shape index (κ1) is 12.1. The Kier molecular flexibility index (Phi) is 7.78. The monoisotopic (exact) mass is 215 g/mol. The molecule has 0 aliphatic rings. The summed E-state index contributed by atoms with van der Waals surface area (Å²) < 4.78 is 27.3. The molecule has 6 heteroatoms. The van der Waals surface area contributed by atoms with Crippen LogP contribution in [0.2, 0.25) is 0 Å². The van der Waals surface area contributed by atoms with E-state index in [0.29, 0.717) is 0 Å². The number of rotatable bonds is 2. The molecule has 0 amide bonds. The zero-order valence-corrected chi connectivity index (χ0v) is 4.48. The van der Waals surface area contributed by atoms with Crippen molar-refractivity contribution in [3.8, 4) is 0 Å². The van der Waals surface area contributed by atoms with E-state index in [1.807, 2.05) is 0 Å². The van der Waals surface area contributed by atoms with E-state index in [1.165, 1.54) is 0 Å². The van der Waals surface area contributed by atoms with Gasteiger partial charge in [0.1, 0.15) is 0 Å². The standard InChI is InChI=1S/C2H7NO3S.Sr.2H/c3-1-2-7(4,5)6;;;/h1-3H2,(H,4,5,6);;;. The summed E-state index contributed by atoms with van der Waals surface area (Å²) in [4.78, 5) is 0. The Hall–Kier alpha value is 1.35. The molecular formula is C2H9NO3SSr. The molecule has 0 aliphatic heterocycles. The van der Waals surface area contributed by atoms with Crippen LogP contribution in [0.15, 0.2) is 0 Å². The van der Waals surface area contributed by atoms with Gasteiger partial charge in [0.05, 0.1) is 5.75 Å². The fourth-order valence-corrected chi connectivity index (χ4v) is 0.447. The molecule has 0 unspecified atom stereocenters. The van der Waals surface area contributed by atoms with Crippen LogP contribution in [0.4, 0.5) is 0 Å². The minimum absolute atomic E-state index is 0. The van der Waals surface area contributed by atoms with E-state index in [9.17, 15) is 8.42 Å². The van der Waals surface area contributed by atoms with Crippen molar-refractivity contribution in [1.29, 1.82) is 0 Å². The number of nitrogens with two attached hydrogens (primary N) is 1. The molecule has 0 atom stereocenters. The van der Waals surface area contributed by atoms with Gasteiger partial charge in [-0.1, -0.05) is 0 Å². The van der Waals surface area contributed by atoms with Crippen LogP contribution in [-0.2, 0) is 10.1 Å². The van der Waals surface area contributed by atoms with Gasteiger partial charge in [-0.2, -0.15) is 8.42 Å². The summed E-state index contributed by atoms with van der Waals surface area (Å²) in [5, 5.41) is 0. The summed E-state index contributed by atoms with van der Waals surface area (Å²) in [5.41, 5.74) is 4.78. The molecule has 0 aromatic carbocycles. The van der Waals surface area contributed by atoms with Crippen LogP contribution in [0.3, 0.4) is 0 Å². The van der Waals surface area contributed by atoms with Gasteiger partial charge in [-0.15, -0.1) is 0 Å². The molecule has 0 aromatic heterocycles. The fraction of sp³-hybridized carbons (Fsp3) is 1.00. The first-order chi connectivity index (χ1) is 3.06. The average molecular weight is 215 g/mol. The van der Waals surface area contributed by atoms with Gasteiger partial charge in [0.2, 0.25) is 0 Å². The third-order valence-electron chi connectivity index (χ3n) is 0.376. The molecule has 0 radical (unpaired) electrons. The second-order valence-corrected chi connectivity index (χ2v) is 2.65. The molecule has 0 aromatic rings. The van der Waals surface area contributed by atoms with E-state index in [2.05, 4.69) is 0 Å². The molecule has 0 spiro atoms. The van der Waals surface area contributed by atoms with Gasteiger partial charge in [0.25, 0.3) is 10.1 Å². The van der Waals surface area contributed by atoms with Crippen molar-refractivity contribution in [2.45, 2.75) is 0 Å². The molecule has 3 N–H and O–H groups in total. The summed E-state index contributed by atoms with van der Waals surface area (Å²) in [6, 6.07) is 0. The van der Waals surface area contributed by atoms with Crippen LogP contribution >= 0.6 is 0 Å². The van der Waals surface area contributed by atoms with Crippen molar-refractivity contribution in [2.75, 3.05) is 12.3 Å². The van der Waals surface area contributed by atoms with Gasteiger partial charge in [0.15, 0.2) is 0 Å². The second kappa shape index (κ2) is 5.16. The molecule has 0 heterocycles. The molecule has 0 fully saturated rings. The first-order valence-electron chi connectivity index (χ1n) is 1.71. The molecule has 0 aliphatic carbocycles. The van der Waals surface area contributed by atoms with Crippen molar-refractivity contribution in [3.05, 3.63) is 0 Å². The quantitative estimate of drug-likeness (QED) is 0.409. The third-order valence-corrected chi connectivity index (χ3v) is 1.13. The topological polar surface area (TPSA) is 80.4 Å². The van der Waals surface area contributed by atoms with Crippen LogP contribution in [0, 0.1) is 0 Å². The molecule has 8 heavy (non-hydrogen) atoms. The Labute approximate surface area is 85.5 Å². The maximum absolute atomic E-state index is 9.71. The van der Waals surface area contributed by atoms with Crippen molar-refractivity contribution in [3.63, 3.8) is 0 Å². The van der Waals surface area contributed by atoms with Gasteiger partial charge >= 0.3 is 45.5 Å². The minimum atomic E-state index is -3.80. The molecule has 48 valence electrons. The SMILES string of the molecule is NCCS(=O)(=O)O.[SrH2]. The van der Waals surface area contributed by atoms with E-state index in [-0.39, 0.29) is 57.8 Å². The predicted octanol–water partition coefficient (Wildman–Crippen LogP) is -2.08. The van der Waals surface area contributed by atoms with Gasteiger partial charge in [-0.05, 0) is 0 Å². The Bertz CT molecular complexity index is 130. The number of hydrogen-bond donors (Lipinski definition) is 2.